The number of rotatable bonds is 3. The Balaban J connectivity index is 1.45. The molecule has 2 nitrogen and oxygen atoms in total. The molecule has 2 aromatic carbocycles. The minimum absolute atomic E-state index is 0.263. The molecular weight excluding hydrogens is 248 g/mol. The molecule has 0 amide bonds. The lowest BCUT2D eigenvalue weighted by molar-refractivity contribution is 0.0994. The summed E-state index contributed by atoms with van der Waals surface area (Å²) in [7, 11) is 0. The van der Waals surface area contributed by atoms with Crippen LogP contribution in [-0.2, 0) is 12.8 Å². The molecule has 20 heavy (non-hydrogen) atoms. The highest BCUT2D eigenvalue weighted by Gasteiger charge is 2.26. The molecule has 4 rings (SSSR count). The van der Waals surface area contributed by atoms with Gasteiger partial charge in [-0.2, -0.15) is 0 Å². The fourth-order valence-electron chi connectivity index (χ4n) is 3.23. The number of aryl methyl sites for hydroxylation is 1. The van der Waals surface area contributed by atoms with E-state index in [4.69, 9.17) is 4.74 Å². The molecule has 0 aromatic heterocycles. The van der Waals surface area contributed by atoms with Crippen molar-refractivity contribution >= 4 is 5.78 Å². The minimum atomic E-state index is 0.263. The fraction of sp³-hybridized carbons (Fsp3) is 0.278. The average molecular weight is 264 g/mol. The number of ether oxygens (including phenoxy) is 1. The molecule has 2 aliphatic rings. The summed E-state index contributed by atoms with van der Waals surface area (Å²) in [5, 5.41) is 0. The molecule has 2 heteroatoms. The third kappa shape index (κ3) is 1.83. The summed E-state index contributed by atoms with van der Waals surface area (Å²) >= 11 is 0. The molecule has 2 aromatic rings. The first-order chi connectivity index (χ1) is 9.81. The summed E-state index contributed by atoms with van der Waals surface area (Å²) in [6.07, 6.45) is 2.62. The molecule has 0 fully saturated rings. The first kappa shape index (κ1) is 11.7. The van der Waals surface area contributed by atoms with Gasteiger partial charge in [0.15, 0.2) is 5.78 Å². The van der Waals surface area contributed by atoms with Crippen LogP contribution >= 0.6 is 0 Å². The van der Waals surface area contributed by atoms with Crippen molar-refractivity contribution < 1.29 is 9.53 Å². The van der Waals surface area contributed by atoms with E-state index >= 15 is 0 Å². The van der Waals surface area contributed by atoms with Gasteiger partial charge in [-0.25, -0.2) is 0 Å². The maximum atomic E-state index is 11.6. The van der Waals surface area contributed by atoms with Gasteiger partial charge in [-0.05, 0) is 47.7 Å². The molecule has 0 heterocycles. The maximum absolute atomic E-state index is 11.6. The van der Waals surface area contributed by atoms with Crippen molar-refractivity contribution in [3.05, 3.63) is 64.7 Å². The van der Waals surface area contributed by atoms with Crippen LogP contribution in [0.15, 0.2) is 42.5 Å². The molecule has 0 bridgehead atoms. The number of Topliss-reactive ketones (excluding diaryl/α,β-unsaturated/α-hetero) is 1. The Labute approximate surface area is 118 Å². The lowest BCUT2D eigenvalue weighted by Crippen LogP contribution is -2.23. The lowest BCUT2D eigenvalue weighted by Gasteiger charge is -2.29. The Bertz CT molecular complexity index is 688. The first-order valence-electron chi connectivity index (χ1n) is 7.18. The van der Waals surface area contributed by atoms with Gasteiger partial charge in [0.1, 0.15) is 5.75 Å². The number of benzene rings is 2. The van der Waals surface area contributed by atoms with Crippen molar-refractivity contribution in [2.75, 3.05) is 6.61 Å². The predicted octanol–water partition coefficient (Wildman–Crippen LogP) is 3.53. The van der Waals surface area contributed by atoms with Crippen LogP contribution in [0.4, 0.5) is 0 Å². The van der Waals surface area contributed by atoms with Crippen molar-refractivity contribution in [3.8, 4) is 5.75 Å². The van der Waals surface area contributed by atoms with Crippen molar-refractivity contribution in [3.63, 3.8) is 0 Å². The van der Waals surface area contributed by atoms with E-state index in [0.717, 1.165) is 36.3 Å². The number of ketones is 1. The molecule has 0 aliphatic heterocycles. The van der Waals surface area contributed by atoms with Crippen LogP contribution in [0.1, 0.15) is 39.4 Å². The number of carbonyl (C=O) groups excluding carboxylic acids is 1. The molecule has 0 N–H and O–H groups in total. The highest BCUT2D eigenvalue weighted by atomic mass is 16.5. The minimum Gasteiger partial charge on any atom is -0.493 e. The highest BCUT2D eigenvalue weighted by molar-refractivity contribution is 6.00. The zero-order valence-electron chi connectivity index (χ0n) is 11.3. The normalized spacial score (nSPS) is 19.2. The Hall–Kier alpha value is -2.09. The summed E-state index contributed by atoms with van der Waals surface area (Å²) in [6, 6.07) is 14.4. The van der Waals surface area contributed by atoms with E-state index in [9.17, 15) is 4.79 Å². The SMILES string of the molecule is O=C1CCc2cc(OCC3Cc4ccccc43)ccc21. The van der Waals surface area contributed by atoms with Gasteiger partial charge in [-0.3, -0.25) is 4.79 Å². The first-order valence-corrected chi connectivity index (χ1v) is 7.18. The van der Waals surface area contributed by atoms with Crippen LogP contribution in [0, 0.1) is 0 Å². The molecule has 1 atom stereocenters. The molecule has 0 radical (unpaired) electrons. The molecule has 1 unspecified atom stereocenters. The third-order valence-corrected chi connectivity index (χ3v) is 4.41. The average Bonchev–Trinajstić information content (AvgIpc) is 2.81. The van der Waals surface area contributed by atoms with Gasteiger partial charge in [0.05, 0.1) is 6.61 Å². The monoisotopic (exact) mass is 264 g/mol. The summed E-state index contributed by atoms with van der Waals surface area (Å²) in [5.41, 5.74) is 4.89. The van der Waals surface area contributed by atoms with E-state index in [1.54, 1.807) is 0 Å². The number of carbonyl (C=O) groups is 1. The Morgan fingerprint density at radius 2 is 1.95 bits per heavy atom. The Morgan fingerprint density at radius 1 is 1.05 bits per heavy atom. The van der Waals surface area contributed by atoms with E-state index < -0.39 is 0 Å². The molecular formula is C18H16O2. The second-order valence-electron chi connectivity index (χ2n) is 5.65. The number of hydrogen-bond donors (Lipinski definition) is 0. The van der Waals surface area contributed by atoms with E-state index in [1.165, 1.54) is 11.1 Å². The lowest BCUT2D eigenvalue weighted by atomic mass is 9.78. The van der Waals surface area contributed by atoms with Gasteiger partial charge in [-0.1, -0.05) is 24.3 Å². The van der Waals surface area contributed by atoms with Crippen molar-refractivity contribution in [1.82, 2.24) is 0 Å². The Morgan fingerprint density at radius 3 is 2.85 bits per heavy atom. The zero-order valence-corrected chi connectivity index (χ0v) is 11.3. The second kappa shape index (κ2) is 4.48. The summed E-state index contributed by atoms with van der Waals surface area (Å²) in [6.45, 7) is 0.726. The largest absolute Gasteiger partial charge is 0.493 e. The Kier molecular flexibility index (Phi) is 2.62. The van der Waals surface area contributed by atoms with E-state index in [0.29, 0.717) is 12.3 Å². The van der Waals surface area contributed by atoms with Crippen molar-refractivity contribution in [1.29, 1.82) is 0 Å². The summed E-state index contributed by atoms with van der Waals surface area (Å²) < 4.78 is 5.92. The van der Waals surface area contributed by atoms with Crippen LogP contribution in [0.2, 0.25) is 0 Å². The third-order valence-electron chi connectivity index (χ3n) is 4.41. The van der Waals surface area contributed by atoms with E-state index in [2.05, 4.69) is 24.3 Å². The van der Waals surface area contributed by atoms with Crippen LogP contribution < -0.4 is 4.74 Å². The van der Waals surface area contributed by atoms with Gasteiger partial charge in [0.2, 0.25) is 0 Å². The van der Waals surface area contributed by atoms with E-state index in [-0.39, 0.29) is 5.78 Å². The zero-order chi connectivity index (χ0) is 13.5. The molecule has 0 saturated heterocycles. The van der Waals surface area contributed by atoms with Gasteiger partial charge in [0.25, 0.3) is 0 Å². The standard InChI is InChI=1S/C18H16O2/c19-18-8-5-13-10-15(6-7-17(13)18)20-11-14-9-12-3-1-2-4-16(12)14/h1-4,6-7,10,14H,5,8-9,11H2. The van der Waals surface area contributed by atoms with Crippen LogP contribution in [0.5, 0.6) is 5.75 Å². The van der Waals surface area contributed by atoms with Crippen molar-refractivity contribution in [2.45, 2.75) is 25.2 Å². The topological polar surface area (TPSA) is 26.3 Å². The van der Waals surface area contributed by atoms with Gasteiger partial charge in [-0.15, -0.1) is 0 Å². The van der Waals surface area contributed by atoms with Gasteiger partial charge < -0.3 is 4.74 Å². The summed E-state index contributed by atoms with van der Waals surface area (Å²) in [5.74, 6) is 1.67. The van der Waals surface area contributed by atoms with Crippen LogP contribution in [0.25, 0.3) is 0 Å². The van der Waals surface area contributed by atoms with Gasteiger partial charge >= 0.3 is 0 Å². The molecule has 2 aliphatic carbocycles. The predicted molar refractivity (Wildman–Crippen MR) is 77.5 cm³/mol. The fourth-order valence-corrected chi connectivity index (χ4v) is 3.23. The number of fused-ring (bicyclic) bond motifs is 2. The molecule has 0 saturated carbocycles. The summed E-state index contributed by atoms with van der Waals surface area (Å²) in [4.78, 5) is 11.6. The van der Waals surface area contributed by atoms with E-state index in [1.807, 2.05) is 18.2 Å². The van der Waals surface area contributed by atoms with Crippen LogP contribution in [0.3, 0.4) is 0 Å². The second-order valence-corrected chi connectivity index (χ2v) is 5.65. The van der Waals surface area contributed by atoms with Gasteiger partial charge in [0, 0.05) is 17.9 Å². The maximum Gasteiger partial charge on any atom is 0.163 e. The highest BCUT2D eigenvalue weighted by Crippen LogP contribution is 2.35. The molecule has 0 spiro atoms. The van der Waals surface area contributed by atoms with Crippen LogP contribution in [-0.4, -0.2) is 12.4 Å². The van der Waals surface area contributed by atoms with Crippen molar-refractivity contribution in [2.24, 2.45) is 0 Å². The quantitative estimate of drug-likeness (QED) is 0.847. The molecule has 100 valence electrons. The smallest absolute Gasteiger partial charge is 0.163 e. The number of hydrogen-bond acceptors (Lipinski definition) is 2.